The molecule has 1 N–H and O–H groups in total. The first-order chi connectivity index (χ1) is 15.7. The van der Waals surface area contributed by atoms with Crippen molar-refractivity contribution in [2.24, 2.45) is 0 Å². The van der Waals surface area contributed by atoms with Gasteiger partial charge in [-0.3, -0.25) is 4.79 Å². The Morgan fingerprint density at radius 3 is 2.33 bits per heavy atom. The molecular weight excluding hydrogens is 436 g/mol. The monoisotopic (exact) mass is 466 g/mol. The number of hydrogen-bond acceptors (Lipinski definition) is 4. The van der Waals surface area contributed by atoms with E-state index in [2.05, 4.69) is 5.32 Å². The van der Waals surface area contributed by atoms with Crippen molar-refractivity contribution < 1.29 is 17.9 Å². The first kappa shape index (κ1) is 24.5. The normalized spacial score (nSPS) is 12.4. The Bertz CT molecular complexity index is 1190. The first-order valence-corrected chi connectivity index (χ1v) is 12.3. The Balaban J connectivity index is 1.83. The lowest BCUT2D eigenvalue weighted by Crippen LogP contribution is -2.28. The van der Waals surface area contributed by atoms with E-state index in [-0.39, 0.29) is 23.4 Å². The molecule has 0 aromatic heterocycles. The molecule has 1 atom stereocenters. The summed E-state index contributed by atoms with van der Waals surface area (Å²) in [6, 6.07) is 21.4. The maximum atomic E-state index is 13.0. The van der Waals surface area contributed by atoms with Gasteiger partial charge in [-0.1, -0.05) is 48.0 Å². The van der Waals surface area contributed by atoms with Crippen molar-refractivity contribution >= 4 is 15.9 Å². The van der Waals surface area contributed by atoms with Gasteiger partial charge < -0.3 is 10.1 Å². The van der Waals surface area contributed by atoms with Crippen molar-refractivity contribution in [3.05, 3.63) is 95.1 Å². The van der Waals surface area contributed by atoms with Gasteiger partial charge in [0.1, 0.15) is 5.75 Å². The molecular formula is C26H30N2O4S. The molecule has 174 valence electrons. The summed E-state index contributed by atoms with van der Waals surface area (Å²) in [5.41, 5.74) is 3.05. The Labute approximate surface area is 196 Å². The number of carbonyl (C=O) groups excluding carboxylic acids is 1. The highest BCUT2D eigenvalue weighted by Crippen LogP contribution is 2.25. The quantitative estimate of drug-likeness (QED) is 0.496. The maximum Gasteiger partial charge on any atom is 0.251 e. The van der Waals surface area contributed by atoms with Crippen LogP contribution in [0.25, 0.3) is 0 Å². The number of nitrogens with zero attached hydrogens (tertiary/aromatic N) is 1. The summed E-state index contributed by atoms with van der Waals surface area (Å²) < 4.78 is 33.1. The molecule has 0 saturated carbocycles. The molecule has 6 nitrogen and oxygen atoms in total. The second-order valence-corrected chi connectivity index (χ2v) is 9.98. The Kier molecular flexibility index (Phi) is 7.89. The third-order valence-electron chi connectivity index (χ3n) is 5.39. The molecule has 0 radical (unpaired) electrons. The highest BCUT2D eigenvalue weighted by Gasteiger charge is 2.23. The molecule has 0 unspecified atom stereocenters. The lowest BCUT2D eigenvalue weighted by molar-refractivity contribution is 0.0939. The lowest BCUT2D eigenvalue weighted by atomic mass is 10.1. The number of sulfonamides is 1. The number of benzene rings is 3. The standard InChI is InChI=1S/C26H30N2O4S/c1-5-32-25-16-13-22(26(29)27-20(3)21-9-7-6-8-10-21)17-23(25)18-28(4)33(30,31)24-14-11-19(2)12-15-24/h6-17,20H,5,18H2,1-4H3,(H,27,29)/t20-/m0/s1. The number of amides is 1. The fraction of sp³-hybridized carbons (Fsp3) is 0.269. The molecule has 7 heteroatoms. The number of ether oxygens (including phenoxy) is 1. The summed E-state index contributed by atoms with van der Waals surface area (Å²) in [5, 5.41) is 2.99. The average molecular weight is 467 g/mol. The molecule has 0 bridgehead atoms. The highest BCUT2D eigenvalue weighted by atomic mass is 32.2. The van der Waals surface area contributed by atoms with Gasteiger partial charge in [-0.15, -0.1) is 0 Å². The van der Waals surface area contributed by atoms with E-state index in [0.29, 0.717) is 23.5 Å². The molecule has 0 spiro atoms. The summed E-state index contributed by atoms with van der Waals surface area (Å²) in [6.07, 6.45) is 0. The van der Waals surface area contributed by atoms with E-state index in [1.54, 1.807) is 42.5 Å². The van der Waals surface area contributed by atoms with Crippen molar-refractivity contribution in [1.82, 2.24) is 9.62 Å². The summed E-state index contributed by atoms with van der Waals surface area (Å²) in [7, 11) is -2.17. The van der Waals surface area contributed by atoms with Crippen LogP contribution in [0.1, 0.15) is 46.9 Å². The lowest BCUT2D eigenvalue weighted by Gasteiger charge is -2.20. The minimum Gasteiger partial charge on any atom is -0.494 e. The number of carbonyl (C=O) groups is 1. The van der Waals surface area contributed by atoms with E-state index in [4.69, 9.17) is 4.74 Å². The summed E-state index contributed by atoms with van der Waals surface area (Å²) in [4.78, 5) is 13.1. The van der Waals surface area contributed by atoms with Crippen LogP contribution in [0.2, 0.25) is 0 Å². The van der Waals surface area contributed by atoms with Crippen LogP contribution in [0.3, 0.4) is 0 Å². The van der Waals surface area contributed by atoms with Gasteiger partial charge in [0.25, 0.3) is 5.91 Å². The molecule has 0 aliphatic carbocycles. The van der Waals surface area contributed by atoms with Crippen LogP contribution in [0.15, 0.2) is 77.7 Å². The summed E-state index contributed by atoms with van der Waals surface area (Å²) in [5.74, 6) is 0.316. The summed E-state index contributed by atoms with van der Waals surface area (Å²) in [6.45, 7) is 6.19. The van der Waals surface area contributed by atoms with Crippen molar-refractivity contribution in [2.45, 2.75) is 38.3 Å². The van der Waals surface area contributed by atoms with Crippen LogP contribution >= 0.6 is 0 Å². The van der Waals surface area contributed by atoms with Crippen LogP contribution in [0, 0.1) is 6.92 Å². The van der Waals surface area contributed by atoms with E-state index in [0.717, 1.165) is 11.1 Å². The average Bonchev–Trinajstić information content (AvgIpc) is 2.81. The van der Waals surface area contributed by atoms with Gasteiger partial charge in [-0.25, -0.2) is 8.42 Å². The van der Waals surface area contributed by atoms with Gasteiger partial charge >= 0.3 is 0 Å². The molecule has 0 saturated heterocycles. The van der Waals surface area contributed by atoms with Crippen LogP contribution in [-0.4, -0.2) is 32.3 Å². The largest absolute Gasteiger partial charge is 0.494 e. The molecule has 0 aliphatic rings. The Morgan fingerprint density at radius 1 is 1.03 bits per heavy atom. The number of aryl methyl sites for hydroxylation is 1. The smallest absolute Gasteiger partial charge is 0.251 e. The van der Waals surface area contributed by atoms with E-state index in [9.17, 15) is 13.2 Å². The molecule has 3 rings (SSSR count). The third-order valence-corrected chi connectivity index (χ3v) is 7.21. The van der Waals surface area contributed by atoms with Gasteiger partial charge in [0.2, 0.25) is 10.0 Å². The Hall–Kier alpha value is -3.16. The number of hydrogen-bond donors (Lipinski definition) is 1. The number of nitrogens with one attached hydrogen (secondary N) is 1. The minimum absolute atomic E-state index is 0.0703. The molecule has 33 heavy (non-hydrogen) atoms. The van der Waals surface area contributed by atoms with E-state index < -0.39 is 10.0 Å². The zero-order chi connectivity index (χ0) is 24.0. The molecule has 0 aliphatic heterocycles. The Morgan fingerprint density at radius 2 is 1.70 bits per heavy atom. The van der Waals surface area contributed by atoms with Crippen molar-refractivity contribution in [1.29, 1.82) is 0 Å². The van der Waals surface area contributed by atoms with Gasteiger partial charge in [-0.05, 0) is 56.7 Å². The highest BCUT2D eigenvalue weighted by molar-refractivity contribution is 7.89. The first-order valence-electron chi connectivity index (χ1n) is 10.9. The third kappa shape index (κ3) is 6.00. The zero-order valence-electron chi connectivity index (χ0n) is 19.4. The van der Waals surface area contributed by atoms with Crippen LogP contribution in [0.4, 0.5) is 0 Å². The van der Waals surface area contributed by atoms with Gasteiger partial charge in [0.15, 0.2) is 0 Å². The van der Waals surface area contributed by atoms with E-state index in [1.165, 1.54) is 11.4 Å². The van der Waals surface area contributed by atoms with Gasteiger partial charge in [0, 0.05) is 24.7 Å². The van der Waals surface area contributed by atoms with E-state index >= 15 is 0 Å². The SMILES string of the molecule is CCOc1ccc(C(=O)N[C@@H](C)c2ccccc2)cc1CN(C)S(=O)(=O)c1ccc(C)cc1. The number of rotatable bonds is 9. The molecule has 0 fully saturated rings. The minimum atomic E-state index is -3.70. The van der Waals surface area contributed by atoms with Gasteiger partial charge in [0.05, 0.1) is 17.5 Å². The predicted octanol–water partition coefficient (Wildman–Crippen LogP) is 4.71. The molecule has 0 heterocycles. The van der Waals surface area contributed by atoms with Crippen LogP contribution in [-0.2, 0) is 16.6 Å². The van der Waals surface area contributed by atoms with Crippen molar-refractivity contribution in [2.75, 3.05) is 13.7 Å². The molecule has 1 amide bonds. The fourth-order valence-corrected chi connectivity index (χ4v) is 4.61. The second kappa shape index (κ2) is 10.6. The van der Waals surface area contributed by atoms with Crippen LogP contribution < -0.4 is 10.1 Å². The predicted molar refractivity (Wildman–Crippen MR) is 130 cm³/mol. The van der Waals surface area contributed by atoms with E-state index in [1.807, 2.05) is 51.1 Å². The molecule has 3 aromatic rings. The van der Waals surface area contributed by atoms with Gasteiger partial charge in [-0.2, -0.15) is 4.31 Å². The molecule has 3 aromatic carbocycles. The van der Waals surface area contributed by atoms with Crippen molar-refractivity contribution in [3.63, 3.8) is 0 Å². The fourth-order valence-electron chi connectivity index (χ4n) is 3.46. The second-order valence-electron chi connectivity index (χ2n) is 7.94. The van der Waals surface area contributed by atoms with Crippen LogP contribution in [0.5, 0.6) is 5.75 Å². The topological polar surface area (TPSA) is 75.7 Å². The zero-order valence-corrected chi connectivity index (χ0v) is 20.2. The summed E-state index contributed by atoms with van der Waals surface area (Å²) >= 11 is 0. The maximum absolute atomic E-state index is 13.0. The van der Waals surface area contributed by atoms with Crippen molar-refractivity contribution in [3.8, 4) is 5.75 Å².